The standard InChI is InChI=1S/C21H39N3O4/c1-21(2,3)28-20(25)24-13-16(14-24)12-23(18-5-6-18)8-10-27-15-17-11-19(17)22-7-9-26-4/h16-19,22H,5-15H2,1-4H3. The van der Waals surface area contributed by atoms with E-state index in [0.29, 0.717) is 17.9 Å². The first-order valence-corrected chi connectivity index (χ1v) is 10.9. The Bertz CT molecular complexity index is 500. The van der Waals surface area contributed by atoms with Gasteiger partial charge in [0.1, 0.15) is 5.60 Å². The van der Waals surface area contributed by atoms with Gasteiger partial charge in [-0.25, -0.2) is 4.79 Å². The van der Waals surface area contributed by atoms with E-state index < -0.39 is 5.60 Å². The number of carbonyl (C=O) groups is 1. The smallest absolute Gasteiger partial charge is 0.410 e. The van der Waals surface area contributed by atoms with Crippen LogP contribution in [0.3, 0.4) is 0 Å². The van der Waals surface area contributed by atoms with Crippen LogP contribution in [0.25, 0.3) is 0 Å². The van der Waals surface area contributed by atoms with Crippen LogP contribution in [-0.4, -0.2) is 93.2 Å². The van der Waals surface area contributed by atoms with Crippen LogP contribution >= 0.6 is 0 Å². The monoisotopic (exact) mass is 397 g/mol. The van der Waals surface area contributed by atoms with Gasteiger partial charge in [0.25, 0.3) is 0 Å². The predicted molar refractivity (Wildman–Crippen MR) is 108 cm³/mol. The summed E-state index contributed by atoms with van der Waals surface area (Å²) in [6, 6.07) is 1.34. The first-order chi connectivity index (χ1) is 13.4. The lowest BCUT2D eigenvalue weighted by molar-refractivity contribution is -0.00872. The van der Waals surface area contributed by atoms with E-state index in [4.69, 9.17) is 14.2 Å². The van der Waals surface area contributed by atoms with Crippen molar-refractivity contribution in [2.45, 2.75) is 57.7 Å². The van der Waals surface area contributed by atoms with Crippen molar-refractivity contribution in [2.24, 2.45) is 11.8 Å². The van der Waals surface area contributed by atoms with Gasteiger partial charge in [-0.15, -0.1) is 0 Å². The van der Waals surface area contributed by atoms with Crippen LogP contribution in [0.2, 0.25) is 0 Å². The Morgan fingerprint density at radius 3 is 2.61 bits per heavy atom. The third-order valence-corrected chi connectivity index (χ3v) is 5.65. The maximum Gasteiger partial charge on any atom is 0.410 e. The first kappa shape index (κ1) is 21.8. The van der Waals surface area contributed by atoms with Crippen LogP contribution in [0.15, 0.2) is 0 Å². The zero-order valence-corrected chi connectivity index (χ0v) is 18.1. The second kappa shape index (κ2) is 9.74. The van der Waals surface area contributed by atoms with Crippen molar-refractivity contribution in [1.29, 1.82) is 0 Å². The summed E-state index contributed by atoms with van der Waals surface area (Å²) < 4.78 is 16.5. The number of nitrogens with zero attached hydrogens (tertiary/aromatic N) is 2. The normalized spacial score (nSPS) is 25.1. The molecule has 0 aromatic heterocycles. The highest BCUT2D eigenvalue weighted by Gasteiger charge is 2.38. The summed E-state index contributed by atoms with van der Waals surface area (Å²) in [4.78, 5) is 16.5. The number of likely N-dealkylation sites (tertiary alicyclic amines) is 1. The van der Waals surface area contributed by atoms with Gasteiger partial charge in [-0.3, -0.25) is 4.90 Å². The number of hydrogen-bond acceptors (Lipinski definition) is 6. The van der Waals surface area contributed by atoms with Crippen LogP contribution in [-0.2, 0) is 14.2 Å². The summed E-state index contributed by atoms with van der Waals surface area (Å²) in [7, 11) is 1.74. The maximum absolute atomic E-state index is 12.1. The van der Waals surface area contributed by atoms with Gasteiger partial charge in [0, 0.05) is 57.8 Å². The molecule has 162 valence electrons. The lowest BCUT2D eigenvalue weighted by Crippen LogP contribution is -2.55. The average molecular weight is 398 g/mol. The van der Waals surface area contributed by atoms with Crippen molar-refractivity contribution in [3.63, 3.8) is 0 Å². The minimum Gasteiger partial charge on any atom is -0.444 e. The molecule has 0 bridgehead atoms. The summed E-state index contributed by atoms with van der Waals surface area (Å²) in [5, 5.41) is 3.50. The van der Waals surface area contributed by atoms with Crippen molar-refractivity contribution in [2.75, 3.05) is 59.7 Å². The Balaban J connectivity index is 1.25. The van der Waals surface area contributed by atoms with Crippen molar-refractivity contribution in [1.82, 2.24) is 15.1 Å². The molecule has 1 saturated heterocycles. The number of hydrogen-bond donors (Lipinski definition) is 1. The van der Waals surface area contributed by atoms with Gasteiger partial charge in [0.15, 0.2) is 0 Å². The highest BCUT2D eigenvalue weighted by Crippen LogP contribution is 2.31. The van der Waals surface area contributed by atoms with E-state index in [2.05, 4.69) is 10.2 Å². The number of carbonyl (C=O) groups excluding carboxylic acids is 1. The molecule has 2 atom stereocenters. The molecular weight excluding hydrogens is 358 g/mol. The van der Waals surface area contributed by atoms with Gasteiger partial charge < -0.3 is 24.4 Å². The summed E-state index contributed by atoms with van der Waals surface area (Å²) in [5.41, 5.74) is -0.417. The van der Waals surface area contributed by atoms with E-state index in [1.807, 2.05) is 25.7 Å². The van der Waals surface area contributed by atoms with Crippen LogP contribution in [0.1, 0.15) is 40.0 Å². The molecule has 7 nitrogen and oxygen atoms in total. The van der Waals surface area contributed by atoms with Crippen molar-refractivity contribution in [3.05, 3.63) is 0 Å². The van der Waals surface area contributed by atoms with Crippen LogP contribution in [0.5, 0.6) is 0 Å². The number of methoxy groups -OCH3 is 1. The first-order valence-electron chi connectivity index (χ1n) is 10.9. The van der Waals surface area contributed by atoms with Gasteiger partial charge in [-0.05, 0) is 46.0 Å². The topological polar surface area (TPSA) is 63.3 Å². The molecule has 28 heavy (non-hydrogen) atoms. The Kier molecular flexibility index (Phi) is 7.59. The Morgan fingerprint density at radius 2 is 1.96 bits per heavy atom. The molecule has 2 unspecified atom stereocenters. The molecule has 0 spiro atoms. The minimum atomic E-state index is -0.417. The molecule has 3 aliphatic rings. The zero-order valence-electron chi connectivity index (χ0n) is 18.1. The SMILES string of the molecule is COCCNC1CC1COCCN(CC1CN(C(=O)OC(C)(C)C)C1)C1CC1. The van der Waals surface area contributed by atoms with Gasteiger partial charge >= 0.3 is 6.09 Å². The van der Waals surface area contributed by atoms with Gasteiger partial charge in [0.05, 0.1) is 19.8 Å². The summed E-state index contributed by atoms with van der Waals surface area (Å²) in [6.07, 6.45) is 3.65. The van der Waals surface area contributed by atoms with Gasteiger partial charge in [0.2, 0.25) is 0 Å². The lowest BCUT2D eigenvalue weighted by atomic mass is 10.00. The fourth-order valence-corrected chi connectivity index (χ4v) is 3.80. The molecule has 1 amide bonds. The number of ether oxygens (including phenoxy) is 3. The van der Waals surface area contributed by atoms with E-state index >= 15 is 0 Å². The summed E-state index contributed by atoms with van der Waals surface area (Å²) >= 11 is 0. The molecule has 0 aromatic rings. The third-order valence-electron chi connectivity index (χ3n) is 5.65. The number of amides is 1. The predicted octanol–water partition coefficient (Wildman–Crippen LogP) is 1.96. The summed E-state index contributed by atoms with van der Waals surface area (Å²) in [6.45, 7) is 12.8. The van der Waals surface area contributed by atoms with Crippen LogP contribution in [0, 0.1) is 11.8 Å². The second-order valence-corrected chi connectivity index (χ2v) is 9.60. The number of rotatable bonds is 12. The largest absolute Gasteiger partial charge is 0.444 e. The molecule has 3 rings (SSSR count). The van der Waals surface area contributed by atoms with E-state index in [1.54, 1.807) is 7.11 Å². The number of nitrogens with one attached hydrogen (secondary N) is 1. The van der Waals surface area contributed by atoms with Gasteiger partial charge in [-0.1, -0.05) is 0 Å². The van der Waals surface area contributed by atoms with Crippen LogP contribution < -0.4 is 5.32 Å². The van der Waals surface area contributed by atoms with Gasteiger partial charge in [-0.2, -0.15) is 0 Å². The fourth-order valence-electron chi connectivity index (χ4n) is 3.80. The second-order valence-electron chi connectivity index (χ2n) is 9.60. The summed E-state index contributed by atoms with van der Waals surface area (Å²) in [5.74, 6) is 1.23. The maximum atomic E-state index is 12.1. The molecule has 2 aliphatic carbocycles. The Labute approximate surface area is 170 Å². The molecule has 1 N–H and O–H groups in total. The van der Waals surface area contributed by atoms with E-state index in [0.717, 1.165) is 58.6 Å². The quantitative estimate of drug-likeness (QED) is 0.508. The average Bonchev–Trinajstić information content (AvgIpc) is 3.46. The lowest BCUT2D eigenvalue weighted by Gasteiger charge is -2.42. The van der Waals surface area contributed by atoms with E-state index in [-0.39, 0.29) is 6.09 Å². The minimum absolute atomic E-state index is 0.178. The van der Waals surface area contributed by atoms with Crippen LogP contribution in [0.4, 0.5) is 4.79 Å². The molecule has 0 radical (unpaired) electrons. The molecule has 1 heterocycles. The van der Waals surface area contributed by atoms with E-state index in [9.17, 15) is 4.79 Å². The highest BCUT2D eigenvalue weighted by molar-refractivity contribution is 5.69. The van der Waals surface area contributed by atoms with Crippen molar-refractivity contribution < 1.29 is 19.0 Å². The van der Waals surface area contributed by atoms with Crippen molar-refractivity contribution in [3.8, 4) is 0 Å². The highest BCUT2D eigenvalue weighted by atomic mass is 16.6. The Hall–Kier alpha value is -0.890. The third kappa shape index (κ3) is 7.17. The molecule has 3 fully saturated rings. The van der Waals surface area contributed by atoms with Crippen molar-refractivity contribution >= 4 is 6.09 Å². The molecule has 1 aliphatic heterocycles. The molecule has 0 aromatic carbocycles. The zero-order chi connectivity index (χ0) is 20.1. The Morgan fingerprint density at radius 1 is 1.21 bits per heavy atom. The fraction of sp³-hybridized carbons (Fsp3) is 0.952. The molecular formula is C21H39N3O4. The molecule has 2 saturated carbocycles. The van der Waals surface area contributed by atoms with E-state index in [1.165, 1.54) is 19.3 Å². The molecule has 7 heteroatoms.